The summed E-state index contributed by atoms with van der Waals surface area (Å²) >= 11 is 0. The zero-order valence-corrected chi connectivity index (χ0v) is 12.4. The van der Waals surface area contributed by atoms with Gasteiger partial charge >= 0.3 is 0 Å². The lowest BCUT2D eigenvalue weighted by Crippen LogP contribution is -2.37. The summed E-state index contributed by atoms with van der Waals surface area (Å²) in [5.74, 6) is 0.659. The van der Waals surface area contributed by atoms with Crippen LogP contribution in [0.5, 0.6) is 5.75 Å². The number of carbonyl (C=O) groups is 2. The topological polar surface area (TPSA) is 55.4 Å². The maximum Gasteiger partial charge on any atom is 0.258 e. The molecule has 0 unspecified atom stereocenters. The van der Waals surface area contributed by atoms with Crippen LogP contribution >= 0.6 is 0 Å². The van der Waals surface area contributed by atoms with Crippen LogP contribution in [0.4, 0.5) is 0 Å². The molecule has 0 atom stereocenters. The minimum Gasteiger partial charge on any atom is -0.484 e. The monoisotopic (exact) mass is 277 g/mol. The van der Waals surface area contributed by atoms with E-state index in [2.05, 4.69) is 5.32 Å². The Morgan fingerprint density at radius 2 is 1.75 bits per heavy atom. The van der Waals surface area contributed by atoms with Gasteiger partial charge in [-0.25, -0.2) is 0 Å². The largest absolute Gasteiger partial charge is 0.484 e. The summed E-state index contributed by atoms with van der Waals surface area (Å²) in [5.41, 5.74) is 0.950. The maximum absolute atomic E-state index is 11.7. The standard InChI is InChI=1S/C16H23NO3/c1-4-14(5-2)17-16(19)11-20-15-8-6-13(7-9-15)10-12(3)18/h6-9,14H,4-5,10-11H2,1-3H3,(H,17,19). The smallest absolute Gasteiger partial charge is 0.258 e. The molecule has 0 aliphatic carbocycles. The van der Waals surface area contributed by atoms with E-state index >= 15 is 0 Å². The Kier molecular flexibility index (Phi) is 6.77. The van der Waals surface area contributed by atoms with Gasteiger partial charge in [0.15, 0.2) is 6.61 Å². The highest BCUT2D eigenvalue weighted by Crippen LogP contribution is 2.12. The van der Waals surface area contributed by atoms with Crippen LogP contribution in [0.1, 0.15) is 39.2 Å². The van der Waals surface area contributed by atoms with Gasteiger partial charge in [0.05, 0.1) is 0 Å². The molecule has 0 heterocycles. The van der Waals surface area contributed by atoms with Crippen LogP contribution in [-0.4, -0.2) is 24.3 Å². The molecule has 110 valence electrons. The molecule has 0 saturated heterocycles. The third kappa shape index (κ3) is 5.87. The Bertz CT molecular complexity index is 436. The molecular weight excluding hydrogens is 254 g/mol. The lowest BCUT2D eigenvalue weighted by atomic mass is 10.1. The van der Waals surface area contributed by atoms with Crippen LogP contribution in [-0.2, 0) is 16.0 Å². The Balaban J connectivity index is 2.41. The highest BCUT2D eigenvalue weighted by Gasteiger charge is 2.08. The van der Waals surface area contributed by atoms with Gasteiger partial charge in [0.25, 0.3) is 5.91 Å². The van der Waals surface area contributed by atoms with Crippen molar-refractivity contribution in [3.05, 3.63) is 29.8 Å². The molecule has 0 aliphatic rings. The number of carbonyl (C=O) groups excluding carboxylic acids is 2. The van der Waals surface area contributed by atoms with E-state index in [1.807, 2.05) is 26.0 Å². The van der Waals surface area contributed by atoms with E-state index in [-0.39, 0.29) is 24.3 Å². The molecule has 4 nitrogen and oxygen atoms in total. The second-order valence-corrected chi connectivity index (χ2v) is 4.89. The Morgan fingerprint density at radius 1 is 1.15 bits per heavy atom. The first kappa shape index (κ1) is 16.2. The minimum atomic E-state index is -0.105. The van der Waals surface area contributed by atoms with Crippen molar-refractivity contribution < 1.29 is 14.3 Å². The van der Waals surface area contributed by atoms with Crippen molar-refractivity contribution in [1.82, 2.24) is 5.32 Å². The number of benzene rings is 1. The van der Waals surface area contributed by atoms with Crippen molar-refractivity contribution in [2.45, 2.75) is 46.1 Å². The van der Waals surface area contributed by atoms with E-state index in [0.29, 0.717) is 12.2 Å². The molecule has 20 heavy (non-hydrogen) atoms. The fourth-order valence-corrected chi connectivity index (χ4v) is 1.90. The van der Waals surface area contributed by atoms with E-state index in [0.717, 1.165) is 18.4 Å². The molecule has 1 rings (SSSR count). The predicted molar refractivity (Wildman–Crippen MR) is 78.8 cm³/mol. The maximum atomic E-state index is 11.7. The van der Waals surface area contributed by atoms with Crippen molar-refractivity contribution in [2.24, 2.45) is 0 Å². The molecule has 0 saturated carbocycles. The van der Waals surface area contributed by atoms with E-state index in [1.54, 1.807) is 19.1 Å². The first-order valence-corrected chi connectivity index (χ1v) is 7.05. The SMILES string of the molecule is CCC(CC)NC(=O)COc1ccc(CC(C)=O)cc1. The second-order valence-electron chi connectivity index (χ2n) is 4.89. The number of hydrogen-bond donors (Lipinski definition) is 1. The fraction of sp³-hybridized carbons (Fsp3) is 0.500. The molecule has 0 aliphatic heterocycles. The molecule has 0 aromatic heterocycles. The average Bonchev–Trinajstić information content (AvgIpc) is 2.43. The predicted octanol–water partition coefficient (Wildman–Crippen LogP) is 2.50. The third-order valence-corrected chi connectivity index (χ3v) is 3.10. The van der Waals surface area contributed by atoms with Crippen LogP contribution < -0.4 is 10.1 Å². The average molecular weight is 277 g/mol. The van der Waals surface area contributed by atoms with Gasteiger partial charge in [-0.1, -0.05) is 26.0 Å². The van der Waals surface area contributed by atoms with Crippen LogP contribution in [0.25, 0.3) is 0 Å². The van der Waals surface area contributed by atoms with Crippen molar-refractivity contribution >= 4 is 11.7 Å². The molecule has 0 bridgehead atoms. The number of amides is 1. The summed E-state index contributed by atoms with van der Waals surface area (Å²) in [6.45, 7) is 5.67. The molecule has 1 amide bonds. The van der Waals surface area contributed by atoms with Crippen molar-refractivity contribution in [1.29, 1.82) is 0 Å². The fourth-order valence-electron chi connectivity index (χ4n) is 1.90. The molecule has 1 aromatic rings. The lowest BCUT2D eigenvalue weighted by molar-refractivity contribution is -0.123. The summed E-state index contributed by atoms with van der Waals surface area (Å²) in [6.07, 6.45) is 2.26. The highest BCUT2D eigenvalue weighted by atomic mass is 16.5. The summed E-state index contributed by atoms with van der Waals surface area (Å²) in [5, 5.41) is 2.92. The number of ketones is 1. The van der Waals surface area contributed by atoms with Gasteiger partial charge in [0.2, 0.25) is 0 Å². The van der Waals surface area contributed by atoms with E-state index in [4.69, 9.17) is 4.74 Å². The third-order valence-electron chi connectivity index (χ3n) is 3.10. The summed E-state index contributed by atoms with van der Waals surface area (Å²) in [7, 11) is 0. The number of rotatable bonds is 8. The Labute approximate surface area is 120 Å². The van der Waals surface area contributed by atoms with E-state index < -0.39 is 0 Å². The number of hydrogen-bond acceptors (Lipinski definition) is 3. The summed E-state index contributed by atoms with van der Waals surface area (Å²) in [6, 6.07) is 7.46. The van der Waals surface area contributed by atoms with Gasteiger partial charge in [-0.2, -0.15) is 0 Å². The molecule has 0 spiro atoms. The van der Waals surface area contributed by atoms with Crippen molar-refractivity contribution in [3.8, 4) is 5.75 Å². The number of nitrogens with one attached hydrogen (secondary N) is 1. The summed E-state index contributed by atoms with van der Waals surface area (Å²) in [4.78, 5) is 22.7. The van der Waals surface area contributed by atoms with Crippen LogP contribution in [0.15, 0.2) is 24.3 Å². The zero-order valence-electron chi connectivity index (χ0n) is 12.4. The Morgan fingerprint density at radius 3 is 2.25 bits per heavy atom. The molecule has 1 N–H and O–H groups in total. The van der Waals surface area contributed by atoms with Gasteiger partial charge in [0.1, 0.15) is 11.5 Å². The van der Waals surface area contributed by atoms with Gasteiger partial charge in [-0.05, 0) is 37.5 Å². The minimum absolute atomic E-state index is 0.0164. The first-order chi connectivity index (χ1) is 9.55. The van der Waals surface area contributed by atoms with Gasteiger partial charge in [0, 0.05) is 12.5 Å². The van der Waals surface area contributed by atoms with E-state index in [1.165, 1.54) is 0 Å². The highest BCUT2D eigenvalue weighted by molar-refractivity contribution is 5.78. The summed E-state index contributed by atoms with van der Waals surface area (Å²) < 4.78 is 5.42. The van der Waals surface area contributed by atoms with Crippen LogP contribution in [0.2, 0.25) is 0 Å². The van der Waals surface area contributed by atoms with Crippen molar-refractivity contribution in [3.63, 3.8) is 0 Å². The van der Waals surface area contributed by atoms with Crippen LogP contribution in [0.3, 0.4) is 0 Å². The van der Waals surface area contributed by atoms with Gasteiger partial charge < -0.3 is 10.1 Å². The second kappa shape index (κ2) is 8.35. The van der Waals surface area contributed by atoms with Crippen LogP contribution in [0, 0.1) is 0 Å². The van der Waals surface area contributed by atoms with Gasteiger partial charge in [-0.15, -0.1) is 0 Å². The number of Topliss-reactive ketones (excluding diaryl/α,β-unsaturated/α-hetero) is 1. The molecular formula is C16H23NO3. The Hall–Kier alpha value is -1.84. The molecule has 4 heteroatoms. The molecule has 0 fully saturated rings. The molecule has 1 aromatic carbocycles. The number of ether oxygens (including phenoxy) is 1. The zero-order chi connectivity index (χ0) is 15.0. The van der Waals surface area contributed by atoms with Gasteiger partial charge in [-0.3, -0.25) is 9.59 Å². The lowest BCUT2D eigenvalue weighted by Gasteiger charge is -2.15. The van der Waals surface area contributed by atoms with E-state index in [9.17, 15) is 9.59 Å². The quantitative estimate of drug-likeness (QED) is 0.794. The van der Waals surface area contributed by atoms with Crippen molar-refractivity contribution in [2.75, 3.05) is 6.61 Å². The molecule has 0 radical (unpaired) electrons. The first-order valence-electron chi connectivity index (χ1n) is 7.05. The normalized spacial score (nSPS) is 10.4.